The first-order valence-corrected chi connectivity index (χ1v) is 7.78. The Morgan fingerprint density at radius 2 is 1.95 bits per heavy atom. The van der Waals surface area contributed by atoms with E-state index in [9.17, 15) is 4.79 Å². The molecule has 0 saturated heterocycles. The van der Waals surface area contributed by atoms with E-state index in [1.165, 1.54) is 11.1 Å². The van der Waals surface area contributed by atoms with Gasteiger partial charge in [-0.05, 0) is 58.1 Å². The third-order valence-electron chi connectivity index (χ3n) is 3.55. The average molecular weight is 347 g/mol. The minimum Gasteiger partial charge on any atom is -0.496 e. The molecule has 3 heteroatoms. The van der Waals surface area contributed by atoms with Crippen LogP contribution in [0.1, 0.15) is 23.1 Å². The molecule has 0 aliphatic heterocycles. The molecule has 110 valence electrons. The minimum absolute atomic E-state index is 0.260. The van der Waals surface area contributed by atoms with Gasteiger partial charge in [0.25, 0.3) is 0 Å². The molecule has 0 spiro atoms. The Hall–Kier alpha value is -1.61. The van der Waals surface area contributed by atoms with Crippen LogP contribution in [-0.2, 0) is 17.6 Å². The van der Waals surface area contributed by atoms with Gasteiger partial charge >= 0.3 is 0 Å². The number of rotatable bonds is 6. The second-order valence-corrected chi connectivity index (χ2v) is 5.97. The van der Waals surface area contributed by atoms with Crippen LogP contribution in [0, 0.1) is 6.92 Å². The lowest BCUT2D eigenvalue weighted by atomic mass is 10.00. The third-order valence-corrected chi connectivity index (χ3v) is 4.17. The van der Waals surface area contributed by atoms with Crippen molar-refractivity contribution in [3.8, 4) is 5.75 Å². The quantitative estimate of drug-likeness (QED) is 0.769. The summed E-state index contributed by atoms with van der Waals surface area (Å²) in [4.78, 5) is 12.1. The predicted octanol–water partition coefficient (Wildman–Crippen LogP) is 4.51. The zero-order valence-electron chi connectivity index (χ0n) is 12.4. The van der Waals surface area contributed by atoms with Gasteiger partial charge in [-0.3, -0.25) is 4.79 Å². The fourth-order valence-electron chi connectivity index (χ4n) is 2.30. The lowest BCUT2D eigenvalue weighted by Crippen LogP contribution is -2.05. The van der Waals surface area contributed by atoms with E-state index in [1.807, 2.05) is 30.3 Å². The van der Waals surface area contributed by atoms with Gasteiger partial charge in [0.1, 0.15) is 11.5 Å². The van der Waals surface area contributed by atoms with E-state index < -0.39 is 0 Å². The van der Waals surface area contributed by atoms with E-state index in [4.69, 9.17) is 4.74 Å². The summed E-state index contributed by atoms with van der Waals surface area (Å²) < 4.78 is 6.08. The van der Waals surface area contributed by atoms with Crippen molar-refractivity contribution in [1.82, 2.24) is 0 Å². The lowest BCUT2D eigenvalue weighted by Gasteiger charge is -2.07. The highest BCUT2D eigenvalue weighted by Gasteiger charge is 2.08. The Labute approximate surface area is 134 Å². The number of halogens is 1. The summed E-state index contributed by atoms with van der Waals surface area (Å²) in [6.07, 6.45) is 1.85. The second-order valence-electron chi connectivity index (χ2n) is 5.11. The highest BCUT2D eigenvalue weighted by atomic mass is 79.9. The SMILES string of the molecule is COc1ccc(CC(=O)CCc2ccccc2C)cc1Br. The van der Waals surface area contributed by atoms with E-state index in [1.54, 1.807) is 7.11 Å². The zero-order chi connectivity index (χ0) is 15.2. The number of ketones is 1. The van der Waals surface area contributed by atoms with Gasteiger partial charge in [-0.2, -0.15) is 0 Å². The second kappa shape index (κ2) is 7.41. The molecule has 2 aromatic rings. The van der Waals surface area contributed by atoms with Gasteiger partial charge in [-0.1, -0.05) is 30.3 Å². The molecule has 0 amide bonds. The summed E-state index contributed by atoms with van der Waals surface area (Å²) in [7, 11) is 1.63. The molecule has 21 heavy (non-hydrogen) atoms. The van der Waals surface area contributed by atoms with Crippen molar-refractivity contribution in [1.29, 1.82) is 0 Å². The van der Waals surface area contributed by atoms with Crippen LogP contribution in [0.2, 0.25) is 0 Å². The Balaban J connectivity index is 1.93. The normalized spacial score (nSPS) is 10.4. The first-order chi connectivity index (χ1) is 10.1. The molecule has 0 N–H and O–H groups in total. The van der Waals surface area contributed by atoms with Crippen molar-refractivity contribution in [3.05, 3.63) is 63.6 Å². The molecule has 0 unspecified atom stereocenters. The molecule has 0 aliphatic carbocycles. The van der Waals surface area contributed by atoms with Crippen molar-refractivity contribution in [2.45, 2.75) is 26.2 Å². The maximum atomic E-state index is 12.1. The Morgan fingerprint density at radius 1 is 1.19 bits per heavy atom. The molecule has 2 nitrogen and oxygen atoms in total. The average Bonchev–Trinajstić information content (AvgIpc) is 2.46. The molecule has 0 heterocycles. The van der Waals surface area contributed by atoms with E-state index in [0.29, 0.717) is 12.8 Å². The summed E-state index contributed by atoms with van der Waals surface area (Å²) in [6, 6.07) is 14.0. The van der Waals surface area contributed by atoms with Crippen molar-refractivity contribution < 1.29 is 9.53 Å². The molecule has 2 rings (SSSR count). The molecule has 0 atom stereocenters. The first kappa shape index (κ1) is 15.8. The van der Waals surface area contributed by atoms with Gasteiger partial charge in [0.2, 0.25) is 0 Å². The molecular weight excluding hydrogens is 328 g/mol. The van der Waals surface area contributed by atoms with Crippen molar-refractivity contribution >= 4 is 21.7 Å². The molecule has 0 radical (unpaired) electrons. The largest absolute Gasteiger partial charge is 0.496 e. The summed E-state index contributed by atoms with van der Waals surface area (Å²) in [6.45, 7) is 2.08. The smallest absolute Gasteiger partial charge is 0.137 e. The van der Waals surface area contributed by atoms with E-state index in [-0.39, 0.29) is 5.78 Å². The Kier molecular flexibility index (Phi) is 5.57. The van der Waals surface area contributed by atoms with Crippen molar-refractivity contribution in [2.75, 3.05) is 7.11 Å². The summed E-state index contributed by atoms with van der Waals surface area (Å²) in [5.74, 6) is 1.04. The highest BCUT2D eigenvalue weighted by molar-refractivity contribution is 9.10. The highest BCUT2D eigenvalue weighted by Crippen LogP contribution is 2.25. The van der Waals surface area contributed by atoms with Gasteiger partial charge in [-0.25, -0.2) is 0 Å². The van der Waals surface area contributed by atoms with Crippen LogP contribution < -0.4 is 4.74 Å². The van der Waals surface area contributed by atoms with Crippen LogP contribution in [-0.4, -0.2) is 12.9 Å². The fourth-order valence-corrected chi connectivity index (χ4v) is 2.89. The number of ether oxygens (including phenoxy) is 1. The van der Waals surface area contributed by atoms with Crippen molar-refractivity contribution in [2.24, 2.45) is 0 Å². The standard InChI is InChI=1S/C18H19BrO2/c1-13-5-3-4-6-15(13)8-9-16(20)11-14-7-10-18(21-2)17(19)12-14/h3-7,10,12H,8-9,11H2,1-2H3. The maximum absolute atomic E-state index is 12.1. The van der Waals surface area contributed by atoms with Gasteiger partial charge < -0.3 is 4.74 Å². The number of hydrogen-bond acceptors (Lipinski definition) is 2. The molecule has 0 aromatic heterocycles. The molecule has 2 aromatic carbocycles. The third kappa shape index (κ3) is 4.43. The molecule has 0 aliphatic rings. The van der Waals surface area contributed by atoms with Crippen LogP contribution in [0.3, 0.4) is 0 Å². The van der Waals surface area contributed by atoms with Gasteiger partial charge in [-0.15, -0.1) is 0 Å². The van der Waals surface area contributed by atoms with Crippen LogP contribution in [0.4, 0.5) is 0 Å². The molecule has 0 fully saturated rings. The molecular formula is C18H19BrO2. The maximum Gasteiger partial charge on any atom is 0.137 e. The van der Waals surface area contributed by atoms with E-state index >= 15 is 0 Å². The fraction of sp³-hybridized carbons (Fsp3) is 0.278. The van der Waals surface area contributed by atoms with E-state index in [2.05, 4.69) is 35.0 Å². The van der Waals surface area contributed by atoms with Crippen molar-refractivity contribution in [3.63, 3.8) is 0 Å². The summed E-state index contributed by atoms with van der Waals surface area (Å²) in [5, 5.41) is 0. The number of carbonyl (C=O) groups excluding carboxylic acids is 1. The van der Waals surface area contributed by atoms with Crippen LogP contribution in [0.15, 0.2) is 46.9 Å². The van der Waals surface area contributed by atoms with Crippen LogP contribution in [0.25, 0.3) is 0 Å². The lowest BCUT2D eigenvalue weighted by molar-refractivity contribution is -0.118. The van der Waals surface area contributed by atoms with E-state index in [0.717, 1.165) is 22.2 Å². The Bertz CT molecular complexity index is 635. The zero-order valence-corrected chi connectivity index (χ0v) is 13.9. The number of hydrogen-bond donors (Lipinski definition) is 0. The first-order valence-electron chi connectivity index (χ1n) is 6.99. The van der Waals surface area contributed by atoms with Gasteiger partial charge in [0, 0.05) is 12.8 Å². The number of aryl methyl sites for hydroxylation is 2. The number of benzene rings is 2. The minimum atomic E-state index is 0.260. The number of methoxy groups -OCH3 is 1. The molecule has 0 bridgehead atoms. The van der Waals surface area contributed by atoms with Crippen LogP contribution >= 0.6 is 15.9 Å². The van der Waals surface area contributed by atoms with Gasteiger partial charge in [0.15, 0.2) is 0 Å². The summed E-state index contributed by atoms with van der Waals surface area (Å²) >= 11 is 3.45. The monoisotopic (exact) mass is 346 g/mol. The topological polar surface area (TPSA) is 26.3 Å². The predicted molar refractivity (Wildman–Crippen MR) is 88.9 cm³/mol. The van der Waals surface area contributed by atoms with Gasteiger partial charge in [0.05, 0.1) is 11.6 Å². The summed E-state index contributed by atoms with van der Waals surface area (Å²) in [5.41, 5.74) is 3.51. The van der Waals surface area contributed by atoms with Crippen LogP contribution in [0.5, 0.6) is 5.75 Å². The Morgan fingerprint density at radius 3 is 2.62 bits per heavy atom. The number of Topliss-reactive ketones (excluding diaryl/α,β-unsaturated/α-hetero) is 1. The molecule has 0 saturated carbocycles. The number of carbonyl (C=O) groups is 1.